The molecular formula is C26H34N4O4. The van der Waals surface area contributed by atoms with Gasteiger partial charge in [-0.3, -0.25) is 9.59 Å². The molecule has 0 radical (unpaired) electrons. The molecule has 8 heteroatoms. The number of piperidine rings is 1. The molecule has 2 aliphatic rings. The van der Waals surface area contributed by atoms with Crippen LogP contribution in [0.25, 0.3) is 0 Å². The molecule has 1 aromatic carbocycles. The largest absolute Gasteiger partial charge is 0.491 e. The second-order valence-electron chi connectivity index (χ2n) is 9.04. The van der Waals surface area contributed by atoms with Crippen molar-refractivity contribution < 1.29 is 19.4 Å². The maximum atomic E-state index is 13.7. The summed E-state index contributed by atoms with van der Waals surface area (Å²) in [6.07, 6.45) is 7.14. The van der Waals surface area contributed by atoms with Crippen LogP contribution in [0.1, 0.15) is 48.9 Å². The fraction of sp³-hybridized carbons (Fsp3) is 0.500. The lowest BCUT2D eigenvalue weighted by Crippen LogP contribution is -2.47. The van der Waals surface area contributed by atoms with E-state index >= 15 is 0 Å². The highest BCUT2D eigenvalue weighted by Crippen LogP contribution is 2.29. The molecule has 8 nitrogen and oxygen atoms in total. The highest BCUT2D eigenvalue weighted by molar-refractivity contribution is 6.01. The molecule has 1 atom stereocenters. The van der Waals surface area contributed by atoms with Crippen molar-refractivity contribution in [2.24, 2.45) is 5.92 Å². The van der Waals surface area contributed by atoms with Gasteiger partial charge in [-0.1, -0.05) is 25.0 Å². The van der Waals surface area contributed by atoms with Crippen molar-refractivity contribution >= 4 is 23.3 Å². The molecule has 34 heavy (non-hydrogen) atoms. The predicted molar refractivity (Wildman–Crippen MR) is 130 cm³/mol. The number of amides is 2. The second-order valence-corrected chi connectivity index (χ2v) is 9.04. The Kier molecular flexibility index (Phi) is 8.36. The number of para-hydroxylation sites is 2. The summed E-state index contributed by atoms with van der Waals surface area (Å²) in [7, 11) is 0. The number of nitrogens with one attached hydrogen (secondary N) is 1. The molecule has 1 saturated heterocycles. The van der Waals surface area contributed by atoms with Crippen LogP contribution in [0, 0.1) is 5.92 Å². The van der Waals surface area contributed by atoms with Gasteiger partial charge in [0.1, 0.15) is 18.1 Å². The first-order chi connectivity index (χ1) is 16.7. The third-order valence-electron chi connectivity index (χ3n) is 6.50. The maximum Gasteiger partial charge on any atom is 0.258 e. The number of likely N-dealkylation sites (tertiary alicyclic amines) is 1. The zero-order valence-corrected chi connectivity index (χ0v) is 19.6. The zero-order valence-electron chi connectivity index (χ0n) is 19.6. The summed E-state index contributed by atoms with van der Waals surface area (Å²) >= 11 is 0. The Bertz CT molecular complexity index is 983. The lowest BCUT2D eigenvalue weighted by Gasteiger charge is -2.33. The molecule has 0 aliphatic carbocycles. The van der Waals surface area contributed by atoms with Gasteiger partial charge in [0.15, 0.2) is 0 Å². The summed E-state index contributed by atoms with van der Waals surface area (Å²) < 4.78 is 5.98. The second kappa shape index (κ2) is 11.8. The van der Waals surface area contributed by atoms with Gasteiger partial charge in [0.25, 0.3) is 5.91 Å². The van der Waals surface area contributed by atoms with Crippen LogP contribution in [0.4, 0.5) is 11.5 Å². The van der Waals surface area contributed by atoms with E-state index in [9.17, 15) is 14.7 Å². The fourth-order valence-electron chi connectivity index (χ4n) is 4.57. The first kappa shape index (κ1) is 24.0. The number of fused-ring (bicyclic) bond motifs is 2. The summed E-state index contributed by atoms with van der Waals surface area (Å²) in [5, 5.41) is 12.8. The SMILES string of the molecule is O=C(CN1CCCCCCOc2ccccc2Nc2ncccc2C1=O)N1CCCC(CO)C1. The molecule has 182 valence electrons. The molecule has 2 aromatic rings. The molecule has 0 bridgehead atoms. The van der Waals surface area contributed by atoms with Crippen molar-refractivity contribution in [2.45, 2.75) is 38.5 Å². The van der Waals surface area contributed by atoms with Gasteiger partial charge in [0, 0.05) is 32.4 Å². The van der Waals surface area contributed by atoms with Gasteiger partial charge in [-0.2, -0.15) is 0 Å². The third-order valence-corrected chi connectivity index (χ3v) is 6.50. The number of pyridine rings is 1. The number of carbonyl (C=O) groups is 2. The van der Waals surface area contributed by atoms with Crippen molar-refractivity contribution in [3.8, 4) is 5.75 Å². The maximum absolute atomic E-state index is 13.7. The van der Waals surface area contributed by atoms with E-state index < -0.39 is 0 Å². The van der Waals surface area contributed by atoms with Crippen molar-refractivity contribution in [3.05, 3.63) is 48.2 Å². The lowest BCUT2D eigenvalue weighted by atomic mass is 9.99. The van der Waals surface area contributed by atoms with Gasteiger partial charge in [-0.15, -0.1) is 0 Å². The molecule has 0 spiro atoms. The summed E-state index contributed by atoms with van der Waals surface area (Å²) in [6, 6.07) is 11.1. The van der Waals surface area contributed by atoms with E-state index in [1.54, 1.807) is 28.1 Å². The number of rotatable bonds is 3. The molecule has 1 fully saturated rings. The Labute approximate surface area is 200 Å². The molecule has 2 N–H and O–H groups in total. The van der Waals surface area contributed by atoms with Crippen LogP contribution < -0.4 is 10.1 Å². The van der Waals surface area contributed by atoms with E-state index in [0.29, 0.717) is 37.6 Å². The Morgan fingerprint density at radius 1 is 1.09 bits per heavy atom. The molecule has 2 aliphatic heterocycles. The number of aliphatic hydroxyl groups is 1. The zero-order chi connectivity index (χ0) is 23.8. The Balaban J connectivity index is 1.58. The highest BCUT2D eigenvalue weighted by Gasteiger charge is 2.27. The van der Waals surface area contributed by atoms with Crippen LogP contribution in [0.2, 0.25) is 0 Å². The first-order valence-electron chi connectivity index (χ1n) is 12.3. The average molecular weight is 467 g/mol. The number of benzene rings is 1. The minimum absolute atomic E-state index is 0.0328. The topological polar surface area (TPSA) is 95.0 Å². The van der Waals surface area contributed by atoms with Crippen LogP contribution in [0.5, 0.6) is 5.75 Å². The van der Waals surface area contributed by atoms with Gasteiger partial charge in [-0.05, 0) is 55.9 Å². The van der Waals surface area contributed by atoms with Crippen LogP contribution >= 0.6 is 0 Å². The van der Waals surface area contributed by atoms with Gasteiger partial charge < -0.3 is 25.0 Å². The number of hydrogen-bond donors (Lipinski definition) is 2. The van der Waals surface area contributed by atoms with Crippen LogP contribution in [-0.4, -0.2) is 71.1 Å². The Hall–Kier alpha value is -3.13. The minimum Gasteiger partial charge on any atom is -0.491 e. The monoisotopic (exact) mass is 466 g/mol. The number of ether oxygens (including phenoxy) is 1. The number of carbonyl (C=O) groups excluding carboxylic acids is 2. The number of hydrogen-bond acceptors (Lipinski definition) is 6. The fourth-order valence-corrected chi connectivity index (χ4v) is 4.57. The van der Waals surface area contributed by atoms with Crippen LogP contribution in [0.15, 0.2) is 42.6 Å². The Morgan fingerprint density at radius 2 is 1.94 bits per heavy atom. The van der Waals surface area contributed by atoms with Crippen molar-refractivity contribution in [3.63, 3.8) is 0 Å². The normalized spacial score (nSPS) is 19.8. The summed E-state index contributed by atoms with van der Waals surface area (Å²) in [5.41, 5.74) is 1.17. The molecule has 1 unspecified atom stereocenters. The van der Waals surface area contributed by atoms with E-state index in [1.165, 1.54) is 0 Å². The molecule has 2 amide bonds. The van der Waals surface area contributed by atoms with E-state index in [-0.39, 0.29) is 30.9 Å². The van der Waals surface area contributed by atoms with Crippen molar-refractivity contribution in [1.29, 1.82) is 0 Å². The summed E-state index contributed by atoms with van der Waals surface area (Å²) in [6.45, 7) is 2.47. The van der Waals surface area contributed by atoms with E-state index in [2.05, 4.69) is 10.3 Å². The van der Waals surface area contributed by atoms with Gasteiger partial charge in [0.05, 0.1) is 17.9 Å². The standard InChI is InChI=1S/C26H34N4O4/c31-19-20-9-8-15-29(17-20)24(32)18-30-14-5-1-2-6-16-34-23-12-4-3-11-22(23)28-25-21(26(30)33)10-7-13-27-25/h3-4,7,10-13,20,31H,1-2,5-6,8-9,14-19H2,(H,27,28). The number of aliphatic hydroxyl groups excluding tert-OH is 1. The smallest absolute Gasteiger partial charge is 0.258 e. The van der Waals surface area contributed by atoms with Crippen molar-refractivity contribution in [1.82, 2.24) is 14.8 Å². The average Bonchev–Trinajstić information content (AvgIpc) is 2.87. The van der Waals surface area contributed by atoms with E-state index in [4.69, 9.17) is 4.74 Å². The third kappa shape index (κ3) is 6.05. The van der Waals surface area contributed by atoms with E-state index in [0.717, 1.165) is 50.0 Å². The number of aromatic nitrogens is 1. The number of anilines is 2. The molecule has 1 aromatic heterocycles. The van der Waals surface area contributed by atoms with E-state index in [1.807, 2.05) is 24.3 Å². The minimum atomic E-state index is -0.213. The molecular weight excluding hydrogens is 432 g/mol. The van der Waals surface area contributed by atoms with Gasteiger partial charge >= 0.3 is 0 Å². The van der Waals surface area contributed by atoms with Crippen LogP contribution in [0.3, 0.4) is 0 Å². The van der Waals surface area contributed by atoms with Gasteiger partial charge in [-0.25, -0.2) is 4.98 Å². The Morgan fingerprint density at radius 3 is 2.82 bits per heavy atom. The first-order valence-corrected chi connectivity index (χ1v) is 12.3. The predicted octanol–water partition coefficient (Wildman–Crippen LogP) is 3.45. The van der Waals surface area contributed by atoms with Crippen molar-refractivity contribution in [2.75, 3.05) is 44.7 Å². The summed E-state index contributed by atoms with van der Waals surface area (Å²) in [4.78, 5) is 34.7. The molecule has 3 heterocycles. The highest BCUT2D eigenvalue weighted by atomic mass is 16.5. The molecule has 4 rings (SSSR count). The summed E-state index contributed by atoms with van der Waals surface area (Å²) in [5.74, 6) is 0.999. The van der Waals surface area contributed by atoms with Crippen LogP contribution in [-0.2, 0) is 4.79 Å². The quantitative estimate of drug-likeness (QED) is 0.720. The van der Waals surface area contributed by atoms with Gasteiger partial charge in [0.2, 0.25) is 5.91 Å². The lowest BCUT2D eigenvalue weighted by molar-refractivity contribution is -0.134. The number of nitrogens with zero attached hydrogens (tertiary/aromatic N) is 3. The molecule has 0 saturated carbocycles.